The summed E-state index contributed by atoms with van der Waals surface area (Å²) in [7, 11) is 2.15. The van der Waals surface area contributed by atoms with E-state index < -0.39 is 0 Å². The van der Waals surface area contributed by atoms with Crippen molar-refractivity contribution in [1.82, 2.24) is 14.5 Å². The molecule has 0 radical (unpaired) electrons. The van der Waals surface area contributed by atoms with Gasteiger partial charge < -0.3 is 25.7 Å². The van der Waals surface area contributed by atoms with Gasteiger partial charge in [-0.1, -0.05) is 6.07 Å². The van der Waals surface area contributed by atoms with Crippen molar-refractivity contribution in [2.45, 2.75) is 45.3 Å². The number of piperidine rings is 1. The van der Waals surface area contributed by atoms with Gasteiger partial charge in [-0.05, 0) is 71.2 Å². The summed E-state index contributed by atoms with van der Waals surface area (Å²) in [6.07, 6.45) is 8.73. The quantitative estimate of drug-likeness (QED) is 0.522. The van der Waals surface area contributed by atoms with Crippen molar-refractivity contribution < 1.29 is 4.74 Å². The van der Waals surface area contributed by atoms with E-state index in [9.17, 15) is 0 Å². The van der Waals surface area contributed by atoms with Gasteiger partial charge in [-0.15, -0.1) is 0 Å². The van der Waals surface area contributed by atoms with Crippen LogP contribution in [0, 0.1) is 0 Å². The predicted molar refractivity (Wildman–Crippen MR) is 138 cm³/mol. The van der Waals surface area contributed by atoms with Gasteiger partial charge in [0.05, 0.1) is 30.2 Å². The molecule has 0 amide bonds. The van der Waals surface area contributed by atoms with E-state index in [4.69, 9.17) is 26.2 Å². The van der Waals surface area contributed by atoms with Crippen molar-refractivity contribution in [3.63, 3.8) is 0 Å². The SMILES string of the molecule is CC(C)N=C(N=CN)c1cn2c(n1)-c1ccc(C(C=CN)=NC3CCN(C)CC3)cc1OCC2. The number of aromatic nitrogens is 2. The molecule has 9 nitrogen and oxygen atoms in total. The highest BCUT2D eigenvalue weighted by Gasteiger charge is 2.22. The molecule has 180 valence electrons. The van der Waals surface area contributed by atoms with Crippen LogP contribution in [0.15, 0.2) is 51.6 Å². The van der Waals surface area contributed by atoms with Crippen molar-refractivity contribution in [3.05, 3.63) is 47.9 Å². The number of allylic oxidation sites excluding steroid dienone is 1. The number of amidine groups is 1. The Morgan fingerprint density at radius 1 is 1.21 bits per heavy atom. The predicted octanol–water partition coefficient (Wildman–Crippen LogP) is 2.44. The molecule has 1 fully saturated rings. The molecule has 0 bridgehead atoms. The molecule has 9 heteroatoms. The maximum Gasteiger partial charge on any atom is 0.176 e. The minimum atomic E-state index is 0.0799. The highest BCUT2D eigenvalue weighted by molar-refractivity contribution is 6.09. The van der Waals surface area contributed by atoms with Gasteiger partial charge >= 0.3 is 0 Å². The molecule has 2 aliphatic rings. The average molecular weight is 463 g/mol. The number of aliphatic imine (C=N–C) groups is 3. The summed E-state index contributed by atoms with van der Waals surface area (Å²) in [5.41, 5.74) is 14.8. The Balaban J connectivity index is 1.69. The van der Waals surface area contributed by atoms with Crippen LogP contribution in [-0.2, 0) is 6.54 Å². The lowest BCUT2D eigenvalue weighted by molar-refractivity contribution is 0.257. The van der Waals surface area contributed by atoms with Crippen molar-refractivity contribution in [1.29, 1.82) is 0 Å². The first-order valence-corrected chi connectivity index (χ1v) is 11.8. The summed E-state index contributed by atoms with van der Waals surface area (Å²) in [5, 5.41) is 0. The zero-order chi connectivity index (χ0) is 24.1. The van der Waals surface area contributed by atoms with Crippen LogP contribution >= 0.6 is 0 Å². The molecule has 1 aromatic carbocycles. The zero-order valence-electron chi connectivity index (χ0n) is 20.2. The van der Waals surface area contributed by atoms with E-state index in [1.165, 1.54) is 6.34 Å². The fourth-order valence-electron chi connectivity index (χ4n) is 4.26. The number of likely N-dealkylation sites (tertiary alicyclic amines) is 1. The molecule has 0 saturated carbocycles. The van der Waals surface area contributed by atoms with Crippen molar-refractivity contribution in [2.24, 2.45) is 26.4 Å². The maximum atomic E-state index is 6.12. The topological polar surface area (TPSA) is 119 Å². The van der Waals surface area contributed by atoms with E-state index in [-0.39, 0.29) is 6.04 Å². The van der Waals surface area contributed by atoms with Crippen LogP contribution in [0.3, 0.4) is 0 Å². The van der Waals surface area contributed by atoms with Gasteiger partial charge in [-0.2, -0.15) is 0 Å². The monoisotopic (exact) mass is 462 g/mol. The first-order valence-electron chi connectivity index (χ1n) is 11.8. The number of imidazole rings is 1. The van der Waals surface area contributed by atoms with Gasteiger partial charge in [-0.25, -0.2) is 9.98 Å². The molecular weight excluding hydrogens is 428 g/mol. The van der Waals surface area contributed by atoms with Crippen molar-refractivity contribution >= 4 is 17.9 Å². The largest absolute Gasteiger partial charge is 0.491 e. The number of rotatable bonds is 5. The summed E-state index contributed by atoms with van der Waals surface area (Å²) in [5.74, 6) is 2.12. The van der Waals surface area contributed by atoms with Crippen LogP contribution in [0.5, 0.6) is 5.75 Å². The number of fused-ring (bicyclic) bond motifs is 3. The molecule has 1 saturated heterocycles. The lowest BCUT2D eigenvalue weighted by atomic mass is 10.0. The van der Waals surface area contributed by atoms with E-state index in [2.05, 4.69) is 32.6 Å². The third kappa shape index (κ3) is 5.36. The summed E-state index contributed by atoms with van der Waals surface area (Å²) >= 11 is 0. The van der Waals surface area contributed by atoms with Crippen molar-refractivity contribution in [2.75, 3.05) is 26.7 Å². The van der Waals surface area contributed by atoms with Crippen LogP contribution in [0.1, 0.15) is 37.9 Å². The Morgan fingerprint density at radius 2 is 2.00 bits per heavy atom. The van der Waals surface area contributed by atoms with E-state index in [1.54, 1.807) is 6.20 Å². The summed E-state index contributed by atoms with van der Waals surface area (Å²) in [4.78, 5) is 21.0. The second kappa shape index (κ2) is 10.6. The third-order valence-corrected chi connectivity index (χ3v) is 5.95. The molecule has 0 atom stereocenters. The van der Waals surface area contributed by atoms with E-state index in [0.29, 0.717) is 30.7 Å². The number of ether oxygens (including phenoxy) is 1. The molecule has 34 heavy (non-hydrogen) atoms. The number of hydrogen-bond acceptors (Lipinski definition) is 6. The molecule has 2 aromatic rings. The Labute approximate surface area is 201 Å². The maximum absolute atomic E-state index is 6.12. The summed E-state index contributed by atoms with van der Waals surface area (Å²) < 4.78 is 8.20. The van der Waals surface area contributed by atoms with Gasteiger partial charge in [0, 0.05) is 17.8 Å². The molecule has 0 unspecified atom stereocenters. The molecule has 4 N–H and O–H groups in total. The minimum absolute atomic E-state index is 0.0799. The van der Waals surface area contributed by atoms with Crippen LogP contribution in [0.25, 0.3) is 11.4 Å². The van der Waals surface area contributed by atoms with Gasteiger partial charge in [0.1, 0.15) is 23.9 Å². The first-order chi connectivity index (χ1) is 16.5. The fraction of sp³-hybridized carbons (Fsp3) is 0.440. The van der Waals surface area contributed by atoms with Gasteiger partial charge in [-0.3, -0.25) is 9.98 Å². The average Bonchev–Trinajstić information content (AvgIpc) is 3.16. The number of nitrogens with zero attached hydrogens (tertiary/aromatic N) is 6. The zero-order valence-corrected chi connectivity index (χ0v) is 20.2. The molecule has 0 aliphatic carbocycles. The highest BCUT2D eigenvalue weighted by atomic mass is 16.5. The van der Waals surface area contributed by atoms with Gasteiger partial charge in [0.25, 0.3) is 0 Å². The lowest BCUT2D eigenvalue weighted by Crippen LogP contribution is -2.32. The molecule has 3 heterocycles. The van der Waals surface area contributed by atoms with Crippen LogP contribution < -0.4 is 16.2 Å². The minimum Gasteiger partial charge on any atom is -0.491 e. The third-order valence-electron chi connectivity index (χ3n) is 5.95. The summed E-state index contributed by atoms with van der Waals surface area (Å²) in [6, 6.07) is 6.51. The van der Waals surface area contributed by atoms with Crippen LogP contribution in [0.2, 0.25) is 0 Å². The number of benzene rings is 1. The van der Waals surface area contributed by atoms with E-state index in [1.807, 2.05) is 38.3 Å². The molecule has 0 spiro atoms. The van der Waals surface area contributed by atoms with E-state index in [0.717, 1.165) is 54.3 Å². The Kier molecular flexibility index (Phi) is 7.42. The number of nitrogens with two attached hydrogens (primary N) is 2. The molecular formula is C25H34N8O. The Morgan fingerprint density at radius 3 is 2.71 bits per heavy atom. The Bertz CT molecular complexity index is 1120. The van der Waals surface area contributed by atoms with Gasteiger partial charge in [0.15, 0.2) is 5.84 Å². The first kappa shape index (κ1) is 23.7. The normalized spacial score (nSPS) is 18.4. The number of hydrogen-bond donors (Lipinski definition) is 2. The summed E-state index contributed by atoms with van der Waals surface area (Å²) in [6.45, 7) is 7.32. The molecule has 4 rings (SSSR count). The Hall–Kier alpha value is -3.46. The van der Waals surface area contributed by atoms with E-state index >= 15 is 0 Å². The molecule has 2 aliphatic heterocycles. The smallest absolute Gasteiger partial charge is 0.176 e. The van der Waals surface area contributed by atoms with Crippen molar-refractivity contribution in [3.8, 4) is 17.1 Å². The van der Waals surface area contributed by atoms with Gasteiger partial charge in [0.2, 0.25) is 0 Å². The standard InChI is InChI=1S/C25H34N8O/c1-17(2)29-24(28-16-27)22-15-33-12-13-34-23-14-18(4-5-20(23)25(33)31-22)21(6-9-26)30-19-7-10-32(3)11-8-19/h4-6,9,14-17,19H,7-8,10-13,26H2,1-3H3,(H2,27,28,29). The second-order valence-corrected chi connectivity index (χ2v) is 8.94. The lowest BCUT2D eigenvalue weighted by Gasteiger charge is -2.27. The van der Waals surface area contributed by atoms with Crippen LogP contribution in [0.4, 0.5) is 0 Å². The highest BCUT2D eigenvalue weighted by Crippen LogP contribution is 2.33. The second-order valence-electron chi connectivity index (χ2n) is 8.94. The van der Waals surface area contributed by atoms with Crippen LogP contribution in [-0.4, -0.2) is 71.2 Å². The fourth-order valence-corrected chi connectivity index (χ4v) is 4.26. The molecule has 1 aromatic heterocycles.